The molecule has 0 saturated heterocycles. The van der Waals surface area contributed by atoms with Gasteiger partial charge in [-0.15, -0.1) is 0 Å². The first-order valence-electron chi connectivity index (χ1n) is 6.82. The van der Waals surface area contributed by atoms with Gasteiger partial charge < -0.3 is 0 Å². The van der Waals surface area contributed by atoms with E-state index in [0.29, 0.717) is 11.1 Å². The van der Waals surface area contributed by atoms with Crippen molar-refractivity contribution in [3.63, 3.8) is 0 Å². The van der Waals surface area contributed by atoms with E-state index in [4.69, 9.17) is 0 Å². The lowest BCUT2D eigenvalue weighted by Gasteiger charge is -2.11. The van der Waals surface area contributed by atoms with Gasteiger partial charge in [0.2, 0.25) is 0 Å². The molecule has 0 amide bonds. The highest BCUT2D eigenvalue weighted by atomic mass is 32.2. The molecular formula is C17H13NO3S2. The lowest BCUT2D eigenvalue weighted by atomic mass is 10.0. The summed E-state index contributed by atoms with van der Waals surface area (Å²) in [4.78, 5) is 12.7. The van der Waals surface area contributed by atoms with E-state index in [2.05, 4.69) is 4.72 Å². The van der Waals surface area contributed by atoms with Gasteiger partial charge in [0.25, 0.3) is 10.0 Å². The highest BCUT2D eigenvalue weighted by molar-refractivity contribution is 7.92. The zero-order valence-electron chi connectivity index (χ0n) is 12.0. The van der Waals surface area contributed by atoms with Crippen LogP contribution in [0, 0.1) is 0 Å². The first-order chi connectivity index (χ1) is 11.1. The van der Waals surface area contributed by atoms with Crippen LogP contribution in [0.2, 0.25) is 0 Å². The lowest BCUT2D eigenvalue weighted by molar-refractivity contribution is 0.104. The van der Waals surface area contributed by atoms with Gasteiger partial charge in [0, 0.05) is 16.5 Å². The predicted molar refractivity (Wildman–Crippen MR) is 91.4 cm³/mol. The van der Waals surface area contributed by atoms with Crippen molar-refractivity contribution in [1.82, 2.24) is 0 Å². The maximum atomic E-state index is 12.5. The smallest absolute Gasteiger partial charge is 0.261 e. The first kappa shape index (κ1) is 15.5. The fourth-order valence-electron chi connectivity index (χ4n) is 2.12. The van der Waals surface area contributed by atoms with Crippen molar-refractivity contribution in [2.75, 3.05) is 4.72 Å². The Hall–Kier alpha value is -2.44. The molecule has 0 spiro atoms. The normalized spacial score (nSPS) is 11.1. The minimum atomic E-state index is -3.74. The van der Waals surface area contributed by atoms with Gasteiger partial charge in [-0.25, -0.2) is 8.42 Å². The molecule has 1 heterocycles. The SMILES string of the molecule is O=C(c1ccsc1)c1ccccc1NS(=O)(=O)c1ccccc1. The number of thiophene rings is 1. The molecular weight excluding hydrogens is 330 g/mol. The first-order valence-corrected chi connectivity index (χ1v) is 9.24. The Morgan fingerprint density at radius 2 is 1.61 bits per heavy atom. The molecule has 4 nitrogen and oxygen atoms in total. The van der Waals surface area contributed by atoms with Crippen molar-refractivity contribution in [2.24, 2.45) is 0 Å². The van der Waals surface area contributed by atoms with Crippen LogP contribution in [-0.4, -0.2) is 14.2 Å². The summed E-state index contributed by atoms with van der Waals surface area (Å²) in [7, 11) is -3.74. The van der Waals surface area contributed by atoms with E-state index >= 15 is 0 Å². The van der Waals surface area contributed by atoms with Gasteiger partial charge in [-0.05, 0) is 35.7 Å². The van der Waals surface area contributed by atoms with Crippen LogP contribution >= 0.6 is 11.3 Å². The summed E-state index contributed by atoms with van der Waals surface area (Å²) in [6, 6.07) is 16.4. The zero-order valence-corrected chi connectivity index (χ0v) is 13.6. The lowest BCUT2D eigenvalue weighted by Crippen LogP contribution is -2.15. The number of sulfonamides is 1. The third kappa shape index (κ3) is 3.33. The highest BCUT2D eigenvalue weighted by Gasteiger charge is 2.19. The number of carbonyl (C=O) groups is 1. The molecule has 3 aromatic rings. The van der Waals surface area contributed by atoms with E-state index in [1.165, 1.54) is 23.5 Å². The Labute approximate surface area is 138 Å². The number of para-hydroxylation sites is 1. The maximum absolute atomic E-state index is 12.5. The standard InChI is InChI=1S/C17H13NO3S2/c19-17(13-10-11-22-12-13)15-8-4-5-9-16(15)18-23(20,21)14-6-2-1-3-7-14/h1-12,18H. The third-order valence-corrected chi connectivity index (χ3v) is 5.32. The van der Waals surface area contributed by atoms with E-state index in [0.717, 1.165) is 0 Å². The van der Waals surface area contributed by atoms with Crippen LogP contribution < -0.4 is 4.72 Å². The molecule has 0 atom stereocenters. The number of hydrogen-bond donors (Lipinski definition) is 1. The molecule has 0 aliphatic heterocycles. The largest absolute Gasteiger partial charge is 0.288 e. The number of anilines is 1. The van der Waals surface area contributed by atoms with Crippen LogP contribution in [0.4, 0.5) is 5.69 Å². The summed E-state index contributed by atoms with van der Waals surface area (Å²) in [5.41, 5.74) is 1.14. The average molecular weight is 343 g/mol. The highest BCUT2D eigenvalue weighted by Crippen LogP contribution is 2.23. The number of hydrogen-bond acceptors (Lipinski definition) is 4. The molecule has 0 saturated carbocycles. The second-order valence-electron chi connectivity index (χ2n) is 4.81. The van der Waals surface area contributed by atoms with Gasteiger partial charge in [-0.3, -0.25) is 9.52 Å². The van der Waals surface area contributed by atoms with Crippen molar-refractivity contribution in [3.05, 3.63) is 82.6 Å². The number of rotatable bonds is 5. The summed E-state index contributed by atoms with van der Waals surface area (Å²) >= 11 is 1.42. The Balaban J connectivity index is 1.97. The minimum Gasteiger partial charge on any atom is -0.288 e. The molecule has 1 N–H and O–H groups in total. The molecule has 0 fully saturated rings. The quantitative estimate of drug-likeness (QED) is 0.717. The van der Waals surface area contributed by atoms with E-state index in [1.54, 1.807) is 53.9 Å². The van der Waals surface area contributed by atoms with Gasteiger partial charge in [-0.1, -0.05) is 30.3 Å². The molecule has 0 aliphatic carbocycles. The number of ketones is 1. The van der Waals surface area contributed by atoms with Crippen LogP contribution in [0.15, 0.2) is 76.3 Å². The summed E-state index contributed by atoms with van der Waals surface area (Å²) in [6.45, 7) is 0. The van der Waals surface area contributed by atoms with E-state index in [-0.39, 0.29) is 16.4 Å². The molecule has 0 aliphatic rings. The Kier molecular flexibility index (Phi) is 4.27. The third-order valence-electron chi connectivity index (χ3n) is 3.25. The second kappa shape index (κ2) is 6.36. The van der Waals surface area contributed by atoms with E-state index in [1.807, 2.05) is 5.38 Å². The summed E-state index contributed by atoms with van der Waals surface area (Å²) in [6.07, 6.45) is 0. The number of carbonyl (C=O) groups excluding carboxylic acids is 1. The Morgan fingerprint density at radius 1 is 0.913 bits per heavy atom. The van der Waals surface area contributed by atoms with Crippen LogP contribution in [-0.2, 0) is 10.0 Å². The van der Waals surface area contributed by atoms with Gasteiger partial charge in [0.1, 0.15) is 0 Å². The fourth-order valence-corrected chi connectivity index (χ4v) is 3.86. The van der Waals surface area contributed by atoms with Crippen molar-refractivity contribution in [1.29, 1.82) is 0 Å². The van der Waals surface area contributed by atoms with Crippen LogP contribution in [0.25, 0.3) is 0 Å². The van der Waals surface area contributed by atoms with Crippen molar-refractivity contribution in [3.8, 4) is 0 Å². The average Bonchev–Trinajstić information content (AvgIpc) is 3.10. The van der Waals surface area contributed by atoms with Gasteiger partial charge in [0.05, 0.1) is 10.6 Å². The summed E-state index contributed by atoms with van der Waals surface area (Å²) < 4.78 is 27.4. The topological polar surface area (TPSA) is 63.2 Å². The number of benzene rings is 2. The Bertz CT molecular complexity index is 917. The molecule has 0 radical (unpaired) electrons. The Morgan fingerprint density at radius 3 is 2.30 bits per heavy atom. The molecule has 6 heteroatoms. The second-order valence-corrected chi connectivity index (χ2v) is 7.27. The summed E-state index contributed by atoms with van der Waals surface area (Å²) in [5.74, 6) is -0.211. The van der Waals surface area contributed by atoms with Gasteiger partial charge in [0.15, 0.2) is 5.78 Å². The van der Waals surface area contributed by atoms with Crippen LogP contribution in [0.3, 0.4) is 0 Å². The van der Waals surface area contributed by atoms with Crippen LogP contribution in [0.1, 0.15) is 15.9 Å². The van der Waals surface area contributed by atoms with Gasteiger partial charge >= 0.3 is 0 Å². The number of nitrogens with one attached hydrogen (secondary N) is 1. The van der Waals surface area contributed by atoms with E-state index < -0.39 is 10.0 Å². The van der Waals surface area contributed by atoms with Crippen molar-refractivity contribution < 1.29 is 13.2 Å². The fraction of sp³-hybridized carbons (Fsp3) is 0. The van der Waals surface area contributed by atoms with Gasteiger partial charge in [-0.2, -0.15) is 11.3 Å². The maximum Gasteiger partial charge on any atom is 0.261 e. The molecule has 23 heavy (non-hydrogen) atoms. The molecule has 0 unspecified atom stereocenters. The monoisotopic (exact) mass is 343 g/mol. The molecule has 116 valence electrons. The van der Waals surface area contributed by atoms with E-state index in [9.17, 15) is 13.2 Å². The minimum absolute atomic E-state index is 0.151. The molecule has 1 aromatic heterocycles. The molecule has 2 aromatic carbocycles. The van der Waals surface area contributed by atoms with Crippen molar-refractivity contribution in [2.45, 2.75) is 4.90 Å². The molecule has 0 bridgehead atoms. The predicted octanol–water partition coefficient (Wildman–Crippen LogP) is 3.78. The van der Waals surface area contributed by atoms with Crippen molar-refractivity contribution >= 4 is 32.8 Å². The van der Waals surface area contributed by atoms with Crippen LogP contribution in [0.5, 0.6) is 0 Å². The molecule has 3 rings (SSSR count). The summed E-state index contributed by atoms with van der Waals surface area (Å²) in [5, 5.41) is 3.55. The zero-order chi connectivity index (χ0) is 16.3.